The Bertz CT molecular complexity index is 1040. The van der Waals surface area contributed by atoms with E-state index in [1.165, 1.54) is 16.7 Å². The van der Waals surface area contributed by atoms with Gasteiger partial charge in [0.25, 0.3) is 0 Å². The molecule has 0 bridgehead atoms. The highest BCUT2D eigenvalue weighted by Crippen LogP contribution is 2.33. The summed E-state index contributed by atoms with van der Waals surface area (Å²) in [5, 5.41) is 31.4. The molecule has 3 rings (SSSR count). The first kappa shape index (κ1) is 34.5. The van der Waals surface area contributed by atoms with Gasteiger partial charge in [0, 0.05) is 5.57 Å². The van der Waals surface area contributed by atoms with Gasteiger partial charge in [-0.2, -0.15) is 0 Å². The molecule has 1 fully saturated rings. The van der Waals surface area contributed by atoms with Gasteiger partial charge in [-0.15, -0.1) is 0 Å². The van der Waals surface area contributed by atoms with Crippen LogP contribution in [0.1, 0.15) is 104 Å². The van der Waals surface area contributed by atoms with E-state index in [-0.39, 0.29) is 12.5 Å². The Morgan fingerprint density at radius 3 is 2.45 bits per heavy atom. The van der Waals surface area contributed by atoms with E-state index in [1.54, 1.807) is 6.92 Å². The molecule has 1 aliphatic carbocycles. The maximum Gasteiger partial charge on any atom is 0.333 e. The van der Waals surface area contributed by atoms with Crippen LogP contribution in [0, 0.1) is 11.8 Å². The predicted molar refractivity (Wildman–Crippen MR) is 165 cm³/mol. The normalized spacial score (nSPS) is 26.2. The highest BCUT2D eigenvalue weighted by atomic mass is 16.7. The van der Waals surface area contributed by atoms with Crippen LogP contribution in [0.15, 0.2) is 47.6 Å². The molecule has 0 radical (unpaired) electrons. The van der Waals surface area contributed by atoms with Crippen molar-refractivity contribution >= 4 is 5.97 Å². The Kier molecular flexibility index (Phi) is 13.3. The van der Waals surface area contributed by atoms with Gasteiger partial charge in [-0.05, 0) is 101 Å². The smallest absolute Gasteiger partial charge is 0.333 e. The summed E-state index contributed by atoms with van der Waals surface area (Å²) in [7, 11) is 0. The van der Waals surface area contributed by atoms with Crippen molar-refractivity contribution in [3.05, 3.63) is 58.7 Å². The Hall–Kier alpha value is -2.03. The Balaban J connectivity index is 1.34. The Labute approximate surface area is 253 Å². The standard InChI is InChI=1S/C35H54O7/c1-23(2)28-17-13-26(14-18-28)12-8-10-25(4)33(38)42-30-22-41-34(32(37)31(30)36)40-21-24(3)9-7-11-27-15-19-29(20-16-27)35(5,6)39/h10,13-15,17-18,23-24,29-32,34,36-37,39H,7-9,11-12,16,19-22H2,1-6H3/t24-,29+,30-,31+,32-,34-/m1/s1. The molecule has 7 heteroatoms. The van der Waals surface area contributed by atoms with Gasteiger partial charge < -0.3 is 29.5 Å². The predicted octanol–water partition coefficient (Wildman–Crippen LogP) is 6.00. The highest BCUT2D eigenvalue weighted by molar-refractivity contribution is 5.87. The third-order valence-corrected chi connectivity index (χ3v) is 8.79. The summed E-state index contributed by atoms with van der Waals surface area (Å²) in [6.45, 7) is 12.3. The lowest BCUT2D eigenvalue weighted by atomic mass is 9.78. The number of rotatable bonds is 14. The molecule has 1 aromatic rings. The SMILES string of the molecule is CC(=CCCc1ccc(C(C)C)cc1)C(=O)O[C@@H]1CO[C@@H](OC[C@H](C)CCCC2=CC[C@H](C(C)(C)O)CC2)[C@H](O)[C@H]1O. The molecule has 42 heavy (non-hydrogen) atoms. The molecule has 1 aliphatic heterocycles. The monoisotopic (exact) mass is 586 g/mol. The number of carbonyl (C=O) groups excluding carboxylic acids is 1. The van der Waals surface area contributed by atoms with Crippen LogP contribution >= 0.6 is 0 Å². The van der Waals surface area contributed by atoms with E-state index in [9.17, 15) is 20.1 Å². The van der Waals surface area contributed by atoms with Crippen LogP contribution in [-0.4, -0.2) is 64.7 Å². The van der Waals surface area contributed by atoms with E-state index in [1.807, 2.05) is 19.9 Å². The zero-order chi connectivity index (χ0) is 30.9. The molecule has 0 saturated carbocycles. The maximum atomic E-state index is 12.6. The van der Waals surface area contributed by atoms with E-state index < -0.39 is 36.2 Å². The third kappa shape index (κ3) is 10.6. The number of allylic oxidation sites excluding steroid dienone is 3. The van der Waals surface area contributed by atoms with E-state index in [0.717, 1.165) is 44.9 Å². The molecule has 0 unspecified atom stereocenters. The summed E-state index contributed by atoms with van der Waals surface area (Å²) >= 11 is 0. The summed E-state index contributed by atoms with van der Waals surface area (Å²) < 4.78 is 16.9. The molecule has 0 amide bonds. The van der Waals surface area contributed by atoms with Gasteiger partial charge in [0.1, 0.15) is 12.2 Å². The molecule has 236 valence electrons. The zero-order valence-corrected chi connectivity index (χ0v) is 26.6. The molecular formula is C35H54O7. The molecule has 1 saturated heterocycles. The fourth-order valence-electron chi connectivity index (χ4n) is 5.63. The van der Waals surface area contributed by atoms with Crippen molar-refractivity contribution in [3.63, 3.8) is 0 Å². The number of carbonyl (C=O) groups is 1. The number of hydrogen-bond acceptors (Lipinski definition) is 7. The van der Waals surface area contributed by atoms with Crippen molar-refractivity contribution in [3.8, 4) is 0 Å². The molecule has 1 heterocycles. The van der Waals surface area contributed by atoms with Crippen LogP contribution in [0.25, 0.3) is 0 Å². The first-order chi connectivity index (χ1) is 19.8. The number of hydrogen-bond donors (Lipinski definition) is 3. The first-order valence-corrected chi connectivity index (χ1v) is 15.8. The molecular weight excluding hydrogens is 532 g/mol. The summed E-state index contributed by atoms with van der Waals surface area (Å²) in [5.41, 5.74) is 3.83. The highest BCUT2D eigenvalue weighted by Gasteiger charge is 2.41. The second kappa shape index (κ2) is 16.2. The summed E-state index contributed by atoms with van der Waals surface area (Å²) in [4.78, 5) is 12.6. The number of aliphatic hydroxyl groups is 3. The van der Waals surface area contributed by atoms with Crippen molar-refractivity contribution in [2.75, 3.05) is 13.2 Å². The average Bonchev–Trinajstić information content (AvgIpc) is 2.95. The number of ether oxygens (including phenoxy) is 3. The zero-order valence-electron chi connectivity index (χ0n) is 26.6. The molecule has 0 spiro atoms. The average molecular weight is 587 g/mol. The van der Waals surface area contributed by atoms with Crippen LogP contribution < -0.4 is 0 Å². The van der Waals surface area contributed by atoms with E-state index in [4.69, 9.17) is 14.2 Å². The molecule has 6 atom stereocenters. The van der Waals surface area contributed by atoms with Gasteiger partial charge in [0.05, 0.1) is 18.8 Å². The van der Waals surface area contributed by atoms with Gasteiger partial charge >= 0.3 is 5.97 Å². The van der Waals surface area contributed by atoms with E-state index in [0.29, 0.717) is 30.4 Å². The van der Waals surface area contributed by atoms with Gasteiger partial charge in [0.15, 0.2) is 12.4 Å². The second-order valence-electron chi connectivity index (χ2n) is 13.3. The summed E-state index contributed by atoms with van der Waals surface area (Å²) in [6, 6.07) is 8.53. The van der Waals surface area contributed by atoms with Crippen LogP contribution in [0.5, 0.6) is 0 Å². The molecule has 1 aromatic carbocycles. The lowest BCUT2D eigenvalue weighted by Gasteiger charge is -2.37. The lowest BCUT2D eigenvalue weighted by Crippen LogP contribution is -2.55. The molecule has 3 N–H and O–H groups in total. The lowest BCUT2D eigenvalue weighted by molar-refractivity contribution is -0.275. The molecule has 0 aromatic heterocycles. The second-order valence-corrected chi connectivity index (χ2v) is 13.3. The summed E-state index contributed by atoms with van der Waals surface area (Å²) in [6.07, 6.45) is 7.24. The number of esters is 1. The summed E-state index contributed by atoms with van der Waals surface area (Å²) in [5.74, 6) is 0.566. The quantitative estimate of drug-likeness (QED) is 0.140. The van der Waals surface area contributed by atoms with E-state index in [2.05, 4.69) is 51.1 Å². The van der Waals surface area contributed by atoms with Gasteiger partial charge in [-0.3, -0.25) is 0 Å². The van der Waals surface area contributed by atoms with Crippen LogP contribution in [0.3, 0.4) is 0 Å². The van der Waals surface area contributed by atoms with Crippen LogP contribution in [0.4, 0.5) is 0 Å². The minimum absolute atomic E-state index is 0.0434. The first-order valence-electron chi connectivity index (χ1n) is 15.8. The largest absolute Gasteiger partial charge is 0.454 e. The van der Waals surface area contributed by atoms with Crippen molar-refractivity contribution in [2.45, 2.75) is 129 Å². The van der Waals surface area contributed by atoms with Gasteiger partial charge in [-0.25, -0.2) is 4.79 Å². The number of aliphatic hydroxyl groups excluding tert-OH is 2. The van der Waals surface area contributed by atoms with Gasteiger partial charge in [-0.1, -0.05) is 62.8 Å². The maximum absolute atomic E-state index is 12.6. The third-order valence-electron chi connectivity index (χ3n) is 8.79. The topological polar surface area (TPSA) is 105 Å². The van der Waals surface area contributed by atoms with Gasteiger partial charge in [0.2, 0.25) is 0 Å². The van der Waals surface area contributed by atoms with E-state index >= 15 is 0 Å². The fourth-order valence-corrected chi connectivity index (χ4v) is 5.63. The Morgan fingerprint density at radius 1 is 1.12 bits per heavy atom. The van der Waals surface area contributed by atoms with Crippen molar-refractivity contribution in [2.24, 2.45) is 11.8 Å². The Morgan fingerprint density at radius 2 is 1.83 bits per heavy atom. The van der Waals surface area contributed by atoms with Crippen LogP contribution in [0.2, 0.25) is 0 Å². The molecule has 2 aliphatic rings. The van der Waals surface area contributed by atoms with Crippen molar-refractivity contribution < 1.29 is 34.3 Å². The van der Waals surface area contributed by atoms with Crippen molar-refractivity contribution in [1.29, 1.82) is 0 Å². The fraction of sp³-hybridized carbons (Fsp3) is 0.686. The number of benzene rings is 1. The van der Waals surface area contributed by atoms with Crippen molar-refractivity contribution in [1.82, 2.24) is 0 Å². The minimum atomic E-state index is -1.31. The minimum Gasteiger partial charge on any atom is -0.454 e. The van der Waals surface area contributed by atoms with Crippen LogP contribution in [-0.2, 0) is 25.4 Å². The number of aryl methyl sites for hydroxylation is 1. The molecule has 7 nitrogen and oxygen atoms in total.